The first-order valence-electron chi connectivity index (χ1n) is 8.70. The largest absolute Gasteiger partial charge is 0.339 e. The van der Waals surface area contributed by atoms with Crippen LogP contribution in [-0.4, -0.2) is 44.9 Å². The van der Waals surface area contributed by atoms with E-state index in [0.717, 1.165) is 31.7 Å². The van der Waals surface area contributed by atoms with Gasteiger partial charge in [0.25, 0.3) is 5.91 Å². The molecule has 1 amide bonds. The van der Waals surface area contributed by atoms with Gasteiger partial charge in [-0.15, -0.1) is 12.4 Å². The van der Waals surface area contributed by atoms with Crippen LogP contribution in [0.25, 0.3) is 0 Å². The molecule has 1 heterocycles. The average Bonchev–Trinajstić information content (AvgIpc) is 3.12. The van der Waals surface area contributed by atoms with Gasteiger partial charge in [0.05, 0.1) is 10.5 Å². The Morgan fingerprint density at radius 3 is 2.54 bits per heavy atom. The summed E-state index contributed by atoms with van der Waals surface area (Å²) in [4.78, 5) is 13.7. The van der Waals surface area contributed by atoms with Crippen molar-refractivity contribution in [3.05, 3.63) is 29.6 Å². The molecule has 1 unspecified atom stereocenters. The number of carbonyl (C=O) groups is 1. The van der Waals surface area contributed by atoms with Crippen molar-refractivity contribution in [1.82, 2.24) is 9.62 Å². The van der Waals surface area contributed by atoms with Crippen LogP contribution in [0.1, 0.15) is 49.4 Å². The summed E-state index contributed by atoms with van der Waals surface area (Å²) in [5, 5.41) is 0. The molecule has 2 rings (SSSR count). The van der Waals surface area contributed by atoms with E-state index in [9.17, 15) is 17.6 Å². The van der Waals surface area contributed by atoms with Crippen molar-refractivity contribution in [1.29, 1.82) is 0 Å². The summed E-state index contributed by atoms with van der Waals surface area (Å²) in [6.45, 7) is 3.39. The molecule has 1 fully saturated rings. The molecule has 148 valence electrons. The Kier molecular flexibility index (Phi) is 8.95. The van der Waals surface area contributed by atoms with Crippen LogP contribution < -0.4 is 10.5 Å². The van der Waals surface area contributed by atoms with E-state index in [1.54, 1.807) is 4.90 Å². The fourth-order valence-corrected chi connectivity index (χ4v) is 4.18. The highest BCUT2D eigenvalue weighted by Gasteiger charge is 2.25. The molecule has 9 heteroatoms. The topological polar surface area (TPSA) is 92.5 Å². The van der Waals surface area contributed by atoms with Crippen LogP contribution in [0, 0.1) is 5.82 Å². The molecule has 1 saturated heterocycles. The summed E-state index contributed by atoms with van der Waals surface area (Å²) in [5.74, 6) is -1.22. The second-order valence-corrected chi connectivity index (χ2v) is 8.05. The lowest BCUT2D eigenvalue weighted by molar-refractivity contribution is 0.0788. The highest BCUT2D eigenvalue weighted by molar-refractivity contribution is 7.89. The molecular formula is C17H27ClFN3O3S. The molecule has 1 aliphatic rings. The molecule has 0 bridgehead atoms. The Morgan fingerprint density at radius 2 is 2.00 bits per heavy atom. The Balaban J connectivity index is 0.00000338. The van der Waals surface area contributed by atoms with Crippen molar-refractivity contribution in [2.45, 2.75) is 50.0 Å². The molecule has 1 atom stereocenters. The minimum Gasteiger partial charge on any atom is -0.339 e. The van der Waals surface area contributed by atoms with Gasteiger partial charge < -0.3 is 10.6 Å². The maximum absolute atomic E-state index is 14.3. The smallest absolute Gasteiger partial charge is 0.256 e. The number of benzene rings is 1. The monoisotopic (exact) mass is 407 g/mol. The van der Waals surface area contributed by atoms with Crippen LogP contribution in [0.5, 0.6) is 0 Å². The van der Waals surface area contributed by atoms with Crippen LogP contribution >= 0.6 is 12.4 Å². The summed E-state index contributed by atoms with van der Waals surface area (Å²) in [6.07, 6.45) is 4.21. The van der Waals surface area contributed by atoms with Crippen molar-refractivity contribution in [2.75, 3.05) is 19.6 Å². The first-order chi connectivity index (χ1) is 11.9. The minimum absolute atomic E-state index is 0. The van der Waals surface area contributed by atoms with Crippen LogP contribution in [0.4, 0.5) is 4.39 Å². The lowest BCUT2D eigenvalue weighted by atomic mass is 10.1. The van der Waals surface area contributed by atoms with Gasteiger partial charge in [-0.3, -0.25) is 4.79 Å². The number of hydrogen-bond donors (Lipinski definition) is 2. The second kappa shape index (κ2) is 10.2. The van der Waals surface area contributed by atoms with E-state index in [2.05, 4.69) is 4.72 Å². The Labute approximate surface area is 160 Å². The van der Waals surface area contributed by atoms with Crippen LogP contribution in [0.2, 0.25) is 0 Å². The van der Waals surface area contributed by atoms with E-state index >= 15 is 0 Å². The number of carbonyl (C=O) groups excluding carboxylic acids is 1. The fourth-order valence-electron chi connectivity index (χ4n) is 2.89. The number of amides is 1. The van der Waals surface area contributed by atoms with Crippen molar-refractivity contribution in [2.24, 2.45) is 5.73 Å². The first kappa shape index (κ1) is 22.8. The van der Waals surface area contributed by atoms with Crippen molar-refractivity contribution in [3.8, 4) is 0 Å². The van der Waals surface area contributed by atoms with E-state index in [1.165, 1.54) is 12.1 Å². The summed E-state index contributed by atoms with van der Waals surface area (Å²) in [5.41, 5.74) is 5.52. The van der Waals surface area contributed by atoms with E-state index in [0.29, 0.717) is 19.5 Å². The zero-order valence-corrected chi connectivity index (χ0v) is 16.5. The number of halogens is 2. The van der Waals surface area contributed by atoms with E-state index < -0.39 is 21.7 Å². The lowest BCUT2D eigenvalue weighted by Gasteiger charge is -2.18. The SMILES string of the molecule is CCCCC(CN)NS(=O)(=O)c1ccc(C(=O)N2CCCC2)c(F)c1.Cl. The molecule has 3 N–H and O–H groups in total. The molecule has 0 aromatic heterocycles. The lowest BCUT2D eigenvalue weighted by Crippen LogP contribution is -2.40. The number of unbranched alkanes of at least 4 members (excludes halogenated alkanes) is 1. The van der Waals surface area contributed by atoms with Crippen molar-refractivity contribution in [3.63, 3.8) is 0 Å². The zero-order valence-electron chi connectivity index (χ0n) is 14.9. The third-order valence-corrected chi connectivity index (χ3v) is 5.91. The predicted octanol–water partition coefficient (Wildman–Crippen LogP) is 2.28. The number of nitrogens with two attached hydrogens (primary N) is 1. The number of rotatable bonds is 8. The van der Waals surface area contributed by atoms with Gasteiger partial charge in [0.15, 0.2) is 0 Å². The molecule has 0 radical (unpaired) electrons. The van der Waals surface area contributed by atoms with Crippen LogP contribution in [0.3, 0.4) is 0 Å². The van der Waals surface area contributed by atoms with Gasteiger partial charge in [-0.05, 0) is 37.5 Å². The Hall–Kier alpha value is -1.22. The highest BCUT2D eigenvalue weighted by Crippen LogP contribution is 2.19. The molecule has 1 aromatic carbocycles. The van der Waals surface area contributed by atoms with E-state index in [-0.39, 0.29) is 35.5 Å². The molecule has 0 spiro atoms. The zero-order chi connectivity index (χ0) is 18.4. The van der Waals surface area contributed by atoms with Crippen LogP contribution in [0.15, 0.2) is 23.1 Å². The third-order valence-electron chi connectivity index (χ3n) is 4.39. The van der Waals surface area contributed by atoms with E-state index in [1.807, 2.05) is 6.92 Å². The van der Waals surface area contributed by atoms with E-state index in [4.69, 9.17) is 5.73 Å². The van der Waals surface area contributed by atoms with Gasteiger partial charge in [-0.1, -0.05) is 19.8 Å². The maximum atomic E-state index is 14.3. The Morgan fingerprint density at radius 1 is 1.35 bits per heavy atom. The second-order valence-electron chi connectivity index (χ2n) is 6.34. The number of nitrogens with zero attached hydrogens (tertiary/aromatic N) is 1. The standard InChI is InChI=1S/C17H26FN3O3S.ClH/c1-2-3-6-13(12-19)20-25(23,24)14-7-8-15(16(18)11-14)17(22)21-9-4-5-10-21;/h7-8,11,13,20H,2-6,9-10,12,19H2,1H3;1H. The Bertz CT molecular complexity index is 709. The van der Waals surface area contributed by atoms with Crippen LogP contribution in [-0.2, 0) is 10.0 Å². The molecule has 0 aliphatic carbocycles. The van der Waals surface area contributed by atoms with Gasteiger partial charge in [-0.2, -0.15) is 0 Å². The number of nitrogens with one attached hydrogen (secondary N) is 1. The van der Waals surface area contributed by atoms with Gasteiger partial charge in [0.2, 0.25) is 10.0 Å². The average molecular weight is 408 g/mol. The summed E-state index contributed by atoms with van der Waals surface area (Å²) in [6, 6.07) is 3.02. The van der Waals surface area contributed by atoms with Gasteiger partial charge in [0.1, 0.15) is 5.82 Å². The molecular weight excluding hydrogens is 381 g/mol. The molecule has 26 heavy (non-hydrogen) atoms. The molecule has 6 nitrogen and oxygen atoms in total. The van der Waals surface area contributed by atoms with Gasteiger partial charge >= 0.3 is 0 Å². The molecule has 0 saturated carbocycles. The molecule has 1 aliphatic heterocycles. The van der Waals surface area contributed by atoms with Gasteiger partial charge in [0, 0.05) is 25.7 Å². The van der Waals surface area contributed by atoms with Crippen molar-refractivity contribution < 1.29 is 17.6 Å². The number of likely N-dealkylation sites (tertiary alicyclic amines) is 1. The third kappa shape index (κ3) is 5.64. The normalized spacial score (nSPS) is 15.6. The fraction of sp³-hybridized carbons (Fsp3) is 0.588. The van der Waals surface area contributed by atoms with Crippen molar-refractivity contribution >= 4 is 28.3 Å². The molecule has 1 aromatic rings. The summed E-state index contributed by atoms with van der Waals surface area (Å²) >= 11 is 0. The highest BCUT2D eigenvalue weighted by atomic mass is 35.5. The first-order valence-corrected chi connectivity index (χ1v) is 10.2. The summed E-state index contributed by atoms with van der Waals surface area (Å²) in [7, 11) is -3.88. The maximum Gasteiger partial charge on any atom is 0.256 e. The quantitative estimate of drug-likeness (QED) is 0.691. The number of sulfonamides is 1. The predicted molar refractivity (Wildman–Crippen MR) is 101 cm³/mol. The van der Waals surface area contributed by atoms with Gasteiger partial charge in [-0.25, -0.2) is 17.5 Å². The summed E-state index contributed by atoms with van der Waals surface area (Å²) < 4.78 is 41.7. The minimum atomic E-state index is -3.88. The number of hydrogen-bond acceptors (Lipinski definition) is 4.